The minimum absolute atomic E-state index is 0.125. The fraction of sp³-hybridized carbons (Fsp3) is 0.286. The molecule has 19 heavy (non-hydrogen) atoms. The van der Waals surface area contributed by atoms with Gasteiger partial charge in [0, 0.05) is 5.56 Å². The molecule has 5 heteroatoms. The van der Waals surface area contributed by atoms with Gasteiger partial charge in [-0.3, -0.25) is 0 Å². The molecule has 0 saturated carbocycles. The van der Waals surface area contributed by atoms with Crippen LogP contribution in [0.3, 0.4) is 0 Å². The van der Waals surface area contributed by atoms with Crippen LogP contribution in [0.15, 0.2) is 30.6 Å². The lowest BCUT2D eigenvalue weighted by Crippen LogP contribution is -2.06. The number of benzene rings is 1. The minimum Gasteiger partial charge on any atom is -0.472 e. The van der Waals surface area contributed by atoms with E-state index in [9.17, 15) is 4.39 Å². The Balaban J connectivity index is 2.16. The first-order valence-electron chi connectivity index (χ1n) is 6.18. The molecule has 2 rings (SSSR count). The summed E-state index contributed by atoms with van der Waals surface area (Å²) in [5, 5.41) is 0. The maximum atomic E-state index is 13.5. The molecule has 0 amide bonds. The van der Waals surface area contributed by atoms with E-state index in [1.165, 1.54) is 12.4 Å². The number of halogens is 1. The Morgan fingerprint density at radius 2 is 2.05 bits per heavy atom. The maximum Gasteiger partial charge on any atom is 0.222 e. The molecule has 0 radical (unpaired) electrons. The van der Waals surface area contributed by atoms with Crippen molar-refractivity contribution in [3.8, 4) is 5.88 Å². The molecule has 0 bridgehead atoms. The molecular weight excluding hydrogens is 245 g/mol. The number of anilines is 1. The van der Waals surface area contributed by atoms with Crippen molar-refractivity contribution in [1.82, 2.24) is 9.97 Å². The topological polar surface area (TPSA) is 61.0 Å². The molecule has 2 N–H and O–H groups in total. The average molecular weight is 261 g/mol. The molecular formula is C14H16FN3O. The summed E-state index contributed by atoms with van der Waals surface area (Å²) in [5.41, 5.74) is 7.07. The number of rotatable bonds is 5. The molecule has 0 aliphatic carbocycles. The molecule has 0 saturated heterocycles. The van der Waals surface area contributed by atoms with E-state index in [0.717, 1.165) is 18.4 Å². The van der Waals surface area contributed by atoms with E-state index in [0.29, 0.717) is 17.3 Å². The van der Waals surface area contributed by atoms with Gasteiger partial charge in [-0.25, -0.2) is 14.4 Å². The fourth-order valence-electron chi connectivity index (χ4n) is 1.78. The Labute approximate surface area is 111 Å². The SMILES string of the molecule is CCCc1c(N)ncnc1OCc1ccccc1F. The Hall–Kier alpha value is -2.17. The van der Waals surface area contributed by atoms with E-state index in [1.807, 2.05) is 6.92 Å². The lowest BCUT2D eigenvalue weighted by molar-refractivity contribution is 0.284. The molecule has 4 nitrogen and oxygen atoms in total. The monoisotopic (exact) mass is 261 g/mol. The first-order valence-corrected chi connectivity index (χ1v) is 6.18. The van der Waals surface area contributed by atoms with Crippen LogP contribution in [0.25, 0.3) is 0 Å². The third kappa shape index (κ3) is 3.19. The zero-order chi connectivity index (χ0) is 13.7. The Kier molecular flexibility index (Phi) is 4.28. The molecule has 1 heterocycles. The van der Waals surface area contributed by atoms with Gasteiger partial charge in [0.25, 0.3) is 0 Å². The maximum absolute atomic E-state index is 13.5. The lowest BCUT2D eigenvalue weighted by Gasteiger charge is -2.11. The summed E-state index contributed by atoms with van der Waals surface area (Å²) in [6.45, 7) is 2.16. The van der Waals surface area contributed by atoms with Crippen LogP contribution in [0.4, 0.5) is 10.2 Å². The van der Waals surface area contributed by atoms with Crippen molar-refractivity contribution in [3.05, 3.63) is 47.5 Å². The van der Waals surface area contributed by atoms with Crippen molar-refractivity contribution >= 4 is 5.82 Å². The van der Waals surface area contributed by atoms with Gasteiger partial charge in [-0.05, 0) is 12.5 Å². The van der Waals surface area contributed by atoms with E-state index in [2.05, 4.69) is 9.97 Å². The van der Waals surface area contributed by atoms with E-state index in [-0.39, 0.29) is 12.4 Å². The number of nitrogens with two attached hydrogens (primary N) is 1. The van der Waals surface area contributed by atoms with Crippen molar-refractivity contribution in [3.63, 3.8) is 0 Å². The summed E-state index contributed by atoms with van der Waals surface area (Å²) < 4.78 is 19.0. The number of hydrogen-bond acceptors (Lipinski definition) is 4. The quantitative estimate of drug-likeness (QED) is 0.899. The normalized spacial score (nSPS) is 10.4. The van der Waals surface area contributed by atoms with Gasteiger partial charge >= 0.3 is 0 Å². The molecule has 0 atom stereocenters. The van der Waals surface area contributed by atoms with Gasteiger partial charge in [0.05, 0.1) is 5.56 Å². The Bertz CT molecular complexity index is 560. The van der Waals surface area contributed by atoms with E-state index in [1.54, 1.807) is 18.2 Å². The molecule has 0 unspecified atom stereocenters. The Morgan fingerprint density at radius 3 is 2.79 bits per heavy atom. The van der Waals surface area contributed by atoms with Crippen LogP contribution in [0.1, 0.15) is 24.5 Å². The summed E-state index contributed by atoms with van der Waals surface area (Å²) in [7, 11) is 0. The highest BCUT2D eigenvalue weighted by atomic mass is 19.1. The number of nitrogen functional groups attached to an aromatic ring is 1. The van der Waals surface area contributed by atoms with Crippen LogP contribution in [-0.2, 0) is 13.0 Å². The highest BCUT2D eigenvalue weighted by Gasteiger charge is 2.10. The molecule has 0 fully saturated rings. The predicted octanol–water partition coefficient (Wildman–Crippen LogP) is 2.73. The number of aromatic nitrogens is 2. The second-order valence-electron chi connectivity index (χ2n) is 4.17. The number of hydrogen-bond donors (Lipinski definition) is 1. The first kappa shape index (κ1) is 13.3. The molecule has 0 aliphatic rings. The van der Waals surface area contributed by atoms with Crippen molar-refractivity contribution in [2.24, 2.45) is 0 Å². The second-order valence-corrected chi connectivity index (χ2v) is 4.17. The molecule has 2 aromatic rings. The first-order chi connectivity index (χ1) is 9.22. The third-order valence-electron chi connectivity index (χ3n) is 2.76. The third-order valence-corrected chi connectivity index (χ3v) is 2.76. The largest absolute Gasteiger partial charge is 0.472 e. The minimum atomic E-state index is -0.290. The van der Waals surface area contributed by atoms with Gasteiger partial charge < -0.3 is 10.5 Å². The molecule has 0 aliphatic heterocycles. The zero-order valence-electron chi connectivity index (χ0n) is 10.8. The summed E-state index contributed by atoms with van der Waals surface area (Å²) in [5.74, 6) is 0.555. The van der Waals surface area contributed by atoms with Crippen LogP contribution < -0.4 is 10.5 Å². The molecule has 1 aromatic carbocycles. The Morgan fingerprint density at radius 1 is 1.26 bits per heavy atom. The van der Waals surface area contributed by atoms with E-state index >= 15 is 0 Å². The van der Waals surface area contributed by atoms with Gasteiger partial charge in [-0.15, -0.1) is 0 Å². The van der Waals surface area contributed by atoms with Gasteiger partial charge in [0.1, 0.15) is 24.6 Å². The van der Waals surface area contributed by atoms with Crippen molar-refractivity contribution in [2.45, 2.75) is 26.4 Å². The zero-order valence-corrected chi connectivity index (χ0v) is 10.8. The lowest BCUT2D eigenvalue weighted by atomic mass is 10.2. The van der Waals surface area contributed by atoms with Crippen molar-refractivity contribution in [2.75, 3.05) is 5.73 Å². The van der Waals surface area contributed by atoms with Crippen LogP contribution in [0, 0.1) is 5.82 Å². The van der Waals surface area contributed by atoms with Crippen LogP contribution in [0.2, 0.25) is 0 Å². The van der Waals surface area contributed by atoms with Crippen LogP contribution >= 0.6 is 0 Å². The molecule has 0 spiro atoms. The standard InChI is InChI=1S/C14H16FN3O/c1-2-5-11-13(16)17-9-18-14(11)19-8-10-6-3-4-7-12(10)15/h3-4,6-7,9H,2,5,8H2,1H3,(H2,16,17,18). The summed E-state index contributed by atoms with van der Waals surface area (Å²) in [6.07, 6.45) is 3.00. The number of ether oxygens (including phenoxy) is 1. The van der Waals surface area contributed by atoms with Crippen LogP contribution in [0.5, 0.6) is 5.88 Å². The average Bonchev–Trinajstić information content (AvgIpc) is 2.41. The highest BCUT2D eigenvalue weighted by Crippen LogP contribution is 2.22. The summed E-state index contributed by atoms with van der Waals surface area (Å²) >= 11 is 0. The fourth-order valence-corrected chi connectivity index (χ4v) is 1.78. The van der Waals surface area contributed by atoms with Crippen molar-refractivity contribution in [1.29, 1.82) is 0 Å². The second kappa shape index (κ2) is 6.13. The smallest absolute Gasteiger partial charge is 0.222 e. The van der Waals surface area contributed by atoms with Crippen molar-refractivity contribution < 1.29 is 9.13 Å². The van der Waals surface area contributed by atoms with E-state index in [4.69, 9.17) is 10.5 Å². The summed E-state index contributed by atoms with van der Waals surface area (Å²) in [6, 6.07) is 6.49. The number of nitrogens with zero attached hydrogens (tertiary/aromatic N) is 2. The predicted molar refractivity (Wildman–Crippen MR) is 71.2 cm³/mol. The molecule has 100 valence electrons. The summed E-state index contributed by atoms with van der Waals surface area (Å²) in [4.78, 5) is 8.01. The highest BCUT2D eigenvalue weighted by molar-refractivity contribution is 5.44. The van der Waals surface area contributed by atoms with Gasteiger partial charge in [0.2, 0.25) is 5.88 Å². The van der Waals surface area contributed by atoms with Crippen LogP contribution in [-0.4, -0.2) is 9.97 Å². The molecule has 1 aromatic heterocycles. The van der Waals surface area contributed by atoms with E-state index < -0.39 is 0 Å². The van der Waals surface area contributed by atoms with Gasteiger partial charge in [0.15, 0.2) is 0 Å². The van der Waals surface area contributed by atoms with Gasteiger partial charge in [-0.2, -0.15) is 0 Å². The van der Waals surface area contributed by atoms with Gasteiger partial charge in [-0.1, -0.05) is 31.5 Å².